The van der Waals surface area contributed by atoms with E-state index in [4.69, 9.17) is 4.74 Å². The van der Waals surface area contributed by atoms with Crippen molar-refractivity contribution in [1.82, 2.24) is 9.62 Å². The summed E-state index contributed by atoms with van der Waals surface area (Å²) in [6.07, 6.45) is 0. The minimum Gasteiger partial charge on any atom is -0.379 e. The smallest absolute Gasteiger partial charge is 0.251 e. The molecule has 1 aliphatic heterocycles. The Kier molecular flexibility index (Phi) is 5.15. The first-order valence-corrected chi connectivity index (χ1v) is 8.45. The molecule has 6 nitrogen and oxygen atoms in total. The highest BCUT2D eigenvalue weighted by Crippen LogP contribution is 2.18. The Labute approximate surface area is 129 Å². The van der Waals surface area contributed by atoms with E-state index < -0.39 is 15.8 Å². The van der Waals surface area contributed by atoms with Crippen molar-refractivity contribution in [3.8, 4) is 0 Å². The van der Waals surface area contributed by atoms with Crippen molar-refractivity contribution < 1.29 is 22.3 Å². The molecule has 1 aromatic carbocycles. The van der Waals surface area contributed by atoms with Crippen molar-refractivity contribution in [3.05, 3.63) is 35.6 Å². The number of ether oxygens (including phenoxy) is 1. The highest BCUT2D eigenvalue weighted by molar-refractivity contribution is 7.89. The van der Waals surface area contributed by atoms with Gasteiger partial charge < -0.3 is 10.1 Å². The summed E-state index contributed by atoms with van der Waals surface area (Å²) in [5, 5.41) is 2.76. The first kappa shape index (κ1) is 16.9. The van der Waals surface area contributed by atoms with Crippen LogP contribution in [0.25, 0.3) is 0 Å². The van der Waals surface area contributed by atoms with Crippen LogP contribution in [0.2, 0.25) is 0 Å². The number of carbonyl (C=O) groups excluding carboxylic acids is 1. The van der Waals surface area contributed by atoms with E-state index >= 15 is 0 Å². The Bertz CT molecular complexity index is 631. The van der Waals surface area contributed by atoms with Gasteiger partial charge in [-0.05, 0) is 24.3 Å². The standard InChI is InChI=1S/C14H19FN2O4S/c1-17(2)22(19,20)9-11-7-21-8-13(11)16-14(18)10-3-5-12(15)6-4-10/h3-6,11,13H,7-9H2,1-2H3,(H,16,18)/t11-,13+/m0/s1. The van der Waals surface area contributed by atoms with Gasteiger partial charge in [-0.1, -0.05) is 0 Å². The summed E-state index contributed by atoms with van der Waals surface area (Å²) in [5.74, 6) is -1.19. The van der Waals surface area contributed by atoms with Gasteiger partial charge in [0.1, 0.15) is 5.82 Å². The van der Waals surface area contributed by atoms with E-state index in [-0.39, 0.29) is 36.8 Å². The predicted molar refractivity (Wildman–Crippen MR) is 79.4 cm³/mol. The van der Waals surface area contributed by atoms with Gasteiger partial charge in [0.05, 0.1) is 25.0 Å². The first-order chi connectivity index (χ1) is 10.3. The Morgan fingerprint density at radius 3 is 2.55 bits per heavy atom. The van der Waals surface area contributed by atoms with Crippen molar-refractivity contribution in [1.29, 1.82) is 0 Å². The van der Waals surface area contributed by atoms with Crippen molar-refractivity contribution in [2.24, 2.45) is 5.92 Å². The zero-order valence-electron chi connectivity index (χ0n) is 12.5. The molecular weight excluding hydrogens is 311 g/mol. The molecule has 0 bridgehead atoms. The molecular formula is C14H19FN2O4S. The monoisotopic (exact) mass is 330 g/mol. The molecule has 1 aromatic rings. The van der Waals surface area contributed by atoms with Gasteiger partial charge in [-0.25, -0.2) is 17.1 Å². The van der Waals surface area contributed by atoms with Crippen LogP contribution in [0.3, 0.4) is 0 Å². The summed E-state index contributed by atoms with van der Waals surface area (Å²) in [6, 6.07) is 4.78. The van der Waals surface area contributed by atoms with Crippen LogP contribution in [-0.4, -0.2) is 57.7 Å². The van der Waals surface area contributed by atoms with Crippen LogP contribution in [0.5, 0.6) is 0 Å². The van der Waals surface area contributed by atoms with Crippen LogP contribution in [-0.2, 0) is 14.8 Å². The van der Waals surface area contributed by atoms with Gasteiger partial charge in [-0.15, -0.1) is 0 Å². The molecule has 0 saturated carbocycles. The van der Waals surface area contributed by atoms with Crippen LogP contribution in [0.15, 0.2) is 24.3 Å². The molecule has 1 aliphatic rings. The maximum Gasteiger partial charge on any atom is 0.251 e. The summed E-state index contributed by atoms with van der Waals surface area (Å²) in [6.45, 7) is 0.544. The fourth-order valence-electron chi connectivity index (χ4n) is 2.19. The quantitative estimate of drug-likeness (QED) is 0.851. The molecule has 1 fully saturated rings. The number of amides is 1. The van der Waals surface area contributed by atoms with Crippen molar-refractivity contribution in [3.63, 3.8) is 0 Å². The van der Waals surface area contributed by atoms with E-state index in [0.29, 0.717) is 5.56 Å². The zero-order chi connectivity index (χ0) is 16.3. The lowest BCUT2D eigenvalue weighted by molar-refractivity contribution is 0.0926. The van der Waals surface area contributed by atoms with Crippen LogP contribution in [0.1, 0.15) is 10.4 Å². The lowest BCUT2D eigenvalue weighted by atomic mass is 10.1. The third-order valence-electron chi connectivity index (χ3n) is 3.60. The van der Waals surface area contributed by atoms with E-state index in [0.717, 1.165) is 4.31 Å². The van der Waals surface area contributed by atoms with E-state index in [1.807, 2.05) is 0 Å². The Hall–Kier alpha value is -1.51. The Morgan fingerprint density at radius 1 is 1.32 bits per heavy atom. The SMILES string of the molecule is CN(C)S(=O)(=O)C[C@@H]1COC[C@H]1NC(=O)c1ccc(F)cc1. The molecule has 0 radical (unpaired) electrons. The summed E-state index contributed by atoms with van der Waals surface area (Å²) >= 11 is 0. The number of nitrogens with one attached hydrogen (secondary N) is 1. The van der Waals surface area contributed by atoms with Crippen LogP contribution >= 0.6 is 0 Å². The Morgan fingerprint density at radius 2 is 1.95 bits per heavy atom. The van der Waals surface area contributed by atoms with E-state index in [1.165, 1.54) is 38.4 Å². The molecule has 0 aliphatic carbocycles. The predicted octanol–water partition coefficient (Wildman–Crippen LogP) is 0.462. The molecule has 2 atom stereocenters. The van der Waals surface area contributed by atoms with Gasteiger partial charge in [0.2, 0.25) is 10.0 Å². The van der Waals surface area contributed by atoms with Crippen molar-refractivity contribution >= 4 is 15.9 Å². The van der Waals surface area contributed by atoms with E-state index in [2.05, 4.69) is 5.32 Å². The summed E-state index contributed by atoms with van der Waals surface area (Å²) in [5.41, 5.74) is 0.322. The van der Waals surface area contributed by atoms with E-state index in [9.17, 15) is 17.6 Å². The third kappa shape index (κ3) is 4.02. The normalized spacial score (nSPS) is 22.0. The number of halogens is 1. The maximum absolute atomic E-state index is 12.9. The van der Waals surface area contributed by atoms with Crippen LogP contribution < -0.4 is 5.32 Å². The zero-order valence-corrected chi connectivity index (χ0v) is 13.3. The Balaban J connectivity index is 2.02. The summed E-state index contributed by atoms with van der Waals surface area (Å²) < 4.78 is 43.2. The number of hydrogen-bond donors (Lipinski definition) is 1. The van der Waals surface area contributed by atoms with Crippen molar-refractivity contribution in [2.75, 3.05) is 33.1 Å². The molecule has 0 spiro atoms. The average Bonchev–Trinajstić information content (AvgIpc) is 2.85. The fraction of sp³-hybridized carbons (Fsp3) is 0.500. The lowest BCUT2D eigenvalue weighted by Gasteiger charge is -2.21. The molecule has 0 aromatic heterocycles. The number of rotatable bonds is 5. The second-order valence-electron chi connectivity index (χ2n) is 5.45. The fourth-order valence-corrected chi connectivity index (χ4v) is 3.36. The van der Waals surface area contributed by atoms with Gasteiger partial charge in [0.15, 0.2) is 0 Å². The van der Waals surface area contributed by atoms with Gasteiger partial charge in [0, 0.05) is 25.6 Å². The van der Waals surface area contributed by atoms with Gasteiger partial charge in [-0.3, -0.25) is 4.79 Å². The molecule has 1 saturated heterocycles. The topological polar surface area (TPSA) is 75.7 Å². The second-order valence-corrected chi connectivity index (χ2v) is 7.67. The average molecular weight is 330 g/mol. The summed E-state index contributed by atoms with van der Waals surface area (Å²) in [7, 11) is -0.429. The highest BCUT2D eigenvalue weighted by atomic mass is 32.2. The summed E-state index contributed by atoms with van der Waals surface area (Å²) in [4.78, 5) is 12.1. The molecule has 1 amide bonds. The van der Waals surface area contributed by atoms with Gasteiger partial charge in [-0.2, -0.15) is 0 Å². The minimum absolute atomic E-state index is 0.0889. The number of sulfonamides is 1. The lowest BCUT2D eigenvalue weighted by Crippen LogP contribution is -2.43. The minimum atomic E-state index is -3.37. The number of nitrogens with zero attached hydrogens (tertiary/aromatic N) is 1. The molecule has 8 heteroatoms. The van der Waals surface area contributed by atoms with Gasteiger partial charge >= 0.3 is 0 Å². The number of hydrogen-bond acceptors (Lipinski definition) is 4. The second kappa shape index (κ2) is 6.72. The molecule has 0 unspecified atom stereocenters. The molecule has 22 heavy (non-hydrogen) atoms. The molecule has 122 valence electrons. The third-order valence-corrected chi connectivity index (χ3v) is 5.56. The largest absolute Gasteiger partial charge is 0.379 e. The van der Waals surface area contributed by atoms with Crippen LogP contribution in [0, 0.1) is 11.7 Å². The van der Waals surface area contributed by atoms with Crippen LogP contribution in [0.4, 0.5) is 4.39 Å². The highest BCUT2D eigenvalue weighted by Gasteiger charge is 2.34. The molecule has 2 rings (SSSR count). The molecule has 1 N–H and O–H groups in total. The molecule has 1 heterocycles. The van der Waals surface area contributed by atoms with E-state index in [1.54, 1.807) is 0 Å². The van der Waals surface area contributed by atoms with Crippen molar-refractivity contribution in [2.45, 2.75) is 6.04 Å². The number of benzene rings is 1. The first-order valence-electron chi connectivity index (χ1n) is 6.84. The maximum atomic E-state index is 12.9. The number of carbonyl (C=O) groups is 1. The van der Waals surface area contributed by atoms with Gasteiger partial charge in [0.25, 0.3) is 5.91 Å².